The Hall–Kier alpha value is -3.79. The van der Waals surface area contributed by atoms with Gasteiger partial charge in [-0.25, -0.2) is 5.01 Å². The van der Waals surface area contributed by atoms with Gasteiger partial charge in [0.05, 0.1) is 13.0 Å². The molecule has 10 heteroatoms. The van der Waals surface area contributed by atoms with Gasteiger partial charge in [0.1, 0.15) is 6.04 Å². The van der Waals surface area contributed by atoms with Crippen molar-refractivity contribution in [1.82, 2.24) is 20.7 Å². The monoisotopic (exact) mass is 495 g/mol. The van der Waals surface area contributed by atoms with Gasteiger partial charge in [0.2, 0.25) is 17.7 Å². The van der Waals surface area contributed by atoms with Crippen LogP contribution in [0, 0.1) is 6.92 Å². The number of benzene rings is 2. The summed E-state index contributed by atoms with van der Waals surface area (Å²) in [7, 11) is 0. The number of nitrogens with zero attached hydrogens (tertiary/aromatic N) is 2. The second kappa shape index (κ2) is 12.1. The molecule has 0 aliphatic carbocycles. The number of thiocarbonyl (C=S) groups is 1. The molecule has 35 heavy (non-hydrogen) atoms. The third kappa shape index (κ3) is 7.35. The van der Waals surface area contributed by atoms with Crippen LogP contribution < -0.4 is 16.1 Å². The van der Waals surface area contributed by atoms with Crippen LogP contribution in [0.25, 0.3) is 0 Å². The third-order valence-electron chi connectivity index (χ3n) is 5.36. The Morgan fingerprint density at radius 1 is 1.03 bits per heavy atom. The van der Waals surface area contributed by atoms with E-state index in [1.165, 1.54) is 16.8 Å². The van der Waals surface area contributed by atoms with Gasteiger partial charge >= 0.3 is 0 Å². The van der Waals surface area contributed by atoms with Crippen molar-refractivity contribution in [2.24, 2.45) is 0 Å². The van der Waals surface area contributed by atoms with Crippen LogP contribution in [0.4, 0.5) is 5.69 Å². The predicted octanol–water partition coefficient (Wildman–Crippen LogP) is 2.27. The molecule has 4 amide bonds. The Labute approximate surface area is 209 Å². The fourth-order valence-electron chi connectivity index (χ4n) is 3.68. The molecule has 1 saturated heterocycles. The van der Waals surface area contributed by atoms with E-state index >= 15 is 0 Å². The molecule has 1 heterocycles. The van der Waals surface area contributed by atoms with Crippen LogP contribution in [0.3, 0.4) is 0 Å². The summed E-state index contributed by atoms with van der Waals surface area (Å²) in [6, 6.07) is 15.7. The predicted molar refractivity (Wildman–Crippen MR) is 136 cm³/mol. The number of carbonyl (C=O) groups excluding carboxylic acids is 4. The van der Waals surface area contributed by atoms with Crippen molar-refractivity contribution in [2.45, 2.75) is 45.7 Å². The third-order valence-corrected chi connectivity index (χ3v) is 5.78. The number of hydrazine groups is 1. The molecule has 9 nitrogen and oxygen atoms in total. The highest BCUT2D eigenvalue weighted by Crippen LogP contribution is 2.22. The molecule has 2 aromatic rings. The molecule has 0 radical (unpaired) electrons. The van der Waals surface area contributed by atoms with E-state index in [1.54, 1.807) is 6.07 Å². The highest BCUT2D eigenvalue weighted by atomic mass is 32.1. The summed E-state index contributed by atoms with van der Waals surface area (Å²) < 4.78 is 0. The number of anilines is 1. The lowest BCUT2D eigenvalue weighted by molar-refractivity contribution is -0.133. The Kier molecular flexibility index (Phi) is 8.91. The Balaban J connectivity index is 1.72. The highest BCUT2D eigenvalue weighted by molar-refractivity contribution is 7.80. The molecule has 3 rings (SSSR count). The minimum Gasteiger partial charge on any atom is -0.356 e. The standard InChI is InChI=1S/C25H29N5O4S/c1-17-8-6-11-20(14-17)27-23(33)15-21-24(34)29(16-19-9-4-3-5-10-19)25(35)30(21)28-22(32)12-7-13-26-18(2)31/h3-6,8-11,14,21H,7,12-13,15-16H2,1-2H3,(H,26,31)(H,27,33)(H,28,32)/t21-/m1/s1. The van der Waals surface area contributed by atoms with Gasteiger partial charge in [-0.05, 0) is 48.8 Å². The summed E-state index contributed by atoms with van der Waals surface area (Å²) in [4.78, 5) is 51.1. The minimum atomic E-state index is -0.977. The molecular formula is C25H29N5O4S. The van der Waals surface area contributed by atoms with Gasteiger partial charge in [-0.2, -0.15) is 0 Å². The van der Waals surface area contributed by atoms with Gasteiger partial charge in [-0.1, -0.05) is 42.5 Å². The topological polar surface area (TPSA) is 111 Å². The highest BCUT2D eigenvalue weighted by Gasteiger charge is 2.44. The first-order valence-corrected chi connectivity index (χ1v) is 11.7. The van der Waals surface area contributed by atoms with Crippen molar-refractivity contribution >= 4 is 46.6 Å². The molecule has 0 bridgehead atoms. The van der Waals surface area contributed by atoms with E-state index in [-0.39, 0.29) is 48.1 Å². The molecular weight excluding hydrogens is 466 g/mol. The van der Waals surface area contributed by atoms with Gasteiger partial charge in [0, 0.05) is 25.6 Å². The maximum atomic E-state index is 13.3. The van der Waals surface area contributed by atoms with E-state index in [1.807, 2.05) is 55.5 Å². The lowest BCUT2D eigenvalue weighted by Gasteiger charge is -2.24. The van der Waals surface area contributed by atoms with E-state index in [0.29, 0.717) is 18.7 Å². The van der Waals surface area contributed by atoms with Crippen molar-refractivity contribution in [3.05, 3.63) is 65.7 Å². The average molecular weight is 496 g/mol. The zero-order valence-electron chi connectivity index (χ0n) is 19.7. The summed E-state index contributed by atoms with van der Waals surface area (Å²) in [5, 5.41) is 6.87. The number of nitrogens with one attached hydrogen (secondary N) is 3. The van der Waals surface area contributed by atoms with Crippen molar-refractivity contribution < 1.29 is 19.2 Å². The van der Waals surface area contributed by atoms with Crippen molar-refractivity contribution in [3.63, 3.8) is 0 Å². The van der Waals surface area contributed by atoms with E-state index in [2.05, 4.69) is 16.1 Å². The molecule has 2 aromatic carbocycles. The van der Waals surface area contributed by atoms with Gasteiger partial charge in [0.25, 0.3) is 5.91 Å². The van der Waals surface area contributed by atoms with Crippen LogP contribution in [-0.2, 0) is 25.7 Å². The lowest BCUT2D eigenvalue weighted by atomic mass is 10.1. The van der Waals surface area contributed by atoms with Crippen LogP contribution in [-0.4, -0.2) is 51.2 Å². The first-order chi connectivity index (χ1) is 16.7. The van der Waals surface area contributed by atoms with E-state index in [4.69, 9.17) is 12.2 Å². The van der Waals surface area contributed by atoms with E-state index in [0.717, 1.165) is 11.1 Å². The molecule has 0 aromatic heterocycles. The van der Waals surface area contributed by atoms with Gasteiger partial charge in [-0.3, -0.25) is 29.5 Å². The maximum absolute atomic E-state index is 13.3. The molecule has 0 unspecified atom stereocenters. The molecule has 1 atom stereocenters. The minimum absolute atomic E-state index is 0.120. The first-order valence-electron chi connectivity index (χ1n) is 11.3. The second-order valence-electron chi connectivity index (χ2n) is 8.32. The normalized spacial score (nSPS) is 15.2. The van der Waals surface area contributed by atoms with Gasteiger partial charge in [-0.15, -0.1) is 0 Å². The summed E-state index contributed by atoms with van der Waals surface area (Å²) in [6.07, 6.45) is 0.352. The SMILES string of the molecule is CC(=O)NCCCC(=O)NN1C(=S)N(Cc2ccccc2)C(=O)[C@H]1CC(=O)Nc1cccc(C)c1. The van der Waals surface area contributed by atoms with E-state index < -0.39 is 6.04 Å². The van der Waals surface area contributed by atoms with Crippen LogP contribution in [0.2, 0.25) is 0 Å². The smallest absolute Gasteiger partial charge is 0.254 e. The van der Waals surface area contributed by atoms with Crippen LogP contribution in [0.5, 0.6) is 0 Å². The summed E-state index contributed by atoms with van der Waals surface area (Å²) in [6.45, 7) is 3.90. The van der Waals surface area contributed by atoms with Crippen LogP contribution >= 0.6 is 12.2 Å². The van der Waals surface area contributed by atoms with Crippen molar-refractivity contribution in [3.8, 4) is 0 Å². The zero-order valence-corrected chi connectivity index (χ0v) is 20.6. The number of aryl methyl sites for hydroxylation is 1. The van der Waals surface area contributed by atoms with Gasteiger partial charge in [0.15, 0.2) is 5.11 Å². The molecule has 184 valence electrons. The van der Waals surface area contributed by atoms with Crippen LogP contribution in [0.1, 0.15) is 37.3 Å². The molecule has 1 aliphatic rings. The Bertz CT molecular complexity index is 1110. The molecule has 0 saturated carbocycles. The Morgan fingerprint density at radius 3 is 2.46 bits per heavy atom. The molecule has 1 fully saturated rings. The van der Waals surface area contributed by atoms with Crippen LogP contribution in [0.15, 0.2) is 54.6 Å². The molecule has 1 aliphatic heterocycles. The first kappa shape index (κ1) is 25.8. The average Bonchev–Trinajstić information content (AvgIpc) is 3.01. The maximum Gasteiger partial charge on any atom is 0.254 e. The van der Waals surface area contributed by atoms with E-state index in [9.17, 15) is 19.2 Å². The molecule has 0 spiro atoms. The summed E-state index contributed by atoms with van der Waals surface area (Å²) >= 11 is 5.53. The number of amides is 4. The summed E-state index contributed by atoms with van der Waals surface area (Å²) in [5.74, 6) is -1.27. The zero-order chi connectivity index (χ0) is 25.4. The number of carbonyl (C=O) groups is 4. The fourth-order valence-corrected chi connectivity index (χ4v) is 4.01. The van der Waals surface area contributed by atoms with Crippen molar-refractivity contribution in [2.75, 3.05) is 11.9 Å². The lowest BCUT2D eigenvalue weighted by Crippen LogP contribution is -2.49. The number of rotatable bonds is 10. The second-order valence-corrected chi connectivity index (χ2v) is 8.69. The number of hydrogen-bond acceptors (Lipinski definition) is 5. The van der Waals surface area contributed by atoms with Gasteiger partial charge < -0.3 is 10.6 Å². The van der Waals surface area contributed by atoms with Crippen molar-refractivity contribution in [1.29, 1.82) is 0 Å². The quantitative estimate of drug-likeness (QED) is 0.345. The molecule has 3 N–H and O–H groups in total. The Morgan fingerprint density at radius 2 is 1.77 bits per heavy atom. The summed E-state index contributed by atoms with van der Waals surface area (Å²) in [5.41, 5.74) is 5.17. The fraction of sp³-hybridized carbons (Fsp3) is 0.320. The number of hydrogen-bond donors (Lipinski definition) is 3. The largest absolute Gasteiger partial charge is 0.356 e.